The van der Waals surface area contributed by atoms with Crippen LogP contribution in [0.15, 0.2) is 33.9 Å². The van der Waals surface area contributed by atoms with Crippen LogP contribution < -0.4 is 15.5 Å². The second-order valence-electron chi connectivity index (χ2n) is 4.68. The third kappa shape index (κ3) is 3.75. The Balaban J connectivity index is 1.83. The minimum Gasteiger partial charge on any atom is -0.490 e. The van der Waals surface area contributed by atoms with E-state index in [1.807, 2.05) is 13.1 Å². The first kappa shape index (κ1) is 15.8. The second kappa shape index (κ2) is 7.44. The van der Waals surface area contributed by atoms with E-state index in [2.05, 4.69) is 14.9 Å². The summed E-state index contributed by atoms with van der Waals surface area (Å²) in [7, 11) is 1.37. The number of hydrogen-bond donors (Lipinski definition) is 1. The first-order chi connectivity index (χ1) is 10.7. The number of aryl methyl sites for hydroxylation is 2. The van der Waals surface area contributed by atoms with Crippen molar-refractivity contribution in [2.45, 2.75) is 26.3 Å². The van der Waals surface area contributed by atoms with Crippen molar-refractivity contribution in [3.05, 3.63) is 46.5 Å². The van der Waals surface area contributed by atoms with Crippen molar-refractivity contribution in [1.82, 2.24) is 14.9 Å². The number of rotatable bonds is 7. The van der Waals surface area contributed by atoms with Gasteiger partial charge in [-0.1, -0.05) is 6.92 Å². The summed E-state index contributed by atoms with van der Waals surface area (Å²) in [5.41, 5.74) is -0.384. The Morgan fingerprint density at radius 1 is 1.50 bits per heavy atom. The molecule has 2 rings (SSSR count). The molecule has 2 heterocycles. The van der Waals surface area contributed by atoms with Crippen molar-refractivity contribution in [2.75, 3.05) is 13.7 Å². The number of nitrogens with zero attached hydrogens (tertiary/aromatic N) is 2. The van der Waals surface area contributed by atoms with Gasteiger partial charge >= 0.3 is 0 Å². The van der Waals surface area contributed by atoms with Crippen LogP contribution in [0.1, 0.15) is 29.7 Å². The molecule has 0 aliphatic carbocycles. The minimum absolute atomic E-state index is 0.0253. The number of carbonyl (C=O) groups is 1. The van der Waals surface area contributed by atoms with E-state index in [1.54, 1.807) is 6.20 Å². The van der Waals surface area contributed by atoms with E-state index >= 15 is 0 Å². The average molecular weight is 305 g/mol. The molecule has 22 heavy (non-hydrogen) atoms. The monoisotopic (exact) mass is 305 g/mol. The summed E-state index contributed by atoms with van der Waals surface area (Å²) in [5, 5.41) is 2.72. The third-order valence-electron chi connectivity index (χ3n) is 3.22. The van der Waals surface area contributed by atoms with Gasteiger partial charge in [0.25, 0.3) is 5.91 Å². The Morgan fingerprint density at radius 3 is 3.00 bits per heavy atom. The van der Waals surface area contributed by atoms with Crippen molar-refractivity contribution >= 4 is 5.91 Å². The van der Waals surface area contributed by atoms with E-state index in [9.17, 15) is 9.59 Å². The molecule has 0 aliphatic heterocycles. The molecule has 0 spiro atoms. The molecule has 0 radical (unpaired) electrons. The van der Waals surface area contributed by atoms with Crippen LogP contribution in [0.25, 0.3) is 0 Å². The summed E-state index contributed by atoms with van der Waals surface area (Å²) < 4.78 is 11.9. The zero-order valence-electron chi connectivity index (χ0n) is 12.7. The summed E-state index contributed by atoms with van der Waals surface area (Å²) in [6, 6.07) is 1.12. The molecule has 0 aromatic carbocycles. The summed E-state index contributed by atoms with van der Waals surface area (Å²) in [6.45, 7) is 3.30. The topological polar surface area (TPSA) is 86.4 Å². The molecular formula is C15H19N3O4. The molecule has 7 nitrogen and oxygen atoms in total. The predicted octanol–water partition coefficient (Wildman–Crippen LogP) is 1.23. The van der Waals surface area contributed by atoms with Gasteiger partial charge in [0, 0.05) is 38.0 Å². The number of carbonyl (C=O) groups excluding carboxylic acids is 1. The first-order valence-electron chi connectivity index (χ1n) is 7.10. The maximum Gasteiger partial charge on any atom is 0.287 e. The number of ether oxygens (including phenoxy) is 1. The molecule has 2 aromatic rings. The Labute approximate surface area is 127 Å². The lowest BCUT2D eigenvalue weighted by molar-refractivity contribution is 0.0922. The largest absolute Gasteiger partial charge is 0.490 e. The van der Waals surface area contributed by atoms with Crippen molar-refractivity contribution < 1.29 is 13.9 Å². The van der Waals surface area contributed by atoms with Crippen LogP contribution in [0.2, 0.25) is 0 Å². The molecule has 0 fully saturated rings. The van der Waals surface area contributed by atoms with Crippen molar-refractivity contribution in [3.8, 4) is 5.75 Å². The molecule has 0 atom stereocenters. The Hall–Kier alpha value is -2.57. The standard InChI is InChI=1S/C15H19N3O4/c1-3-14-16-6-8-18(14)7-4-5-17-15(20)12-9-11(19)13(21-2)10-22-12/h6,8-10H,3-5,7H2,1-2H3,(H,17,20). The average Bonchev–Trinajstić information content (AvgIpc) is 2.98. The number of hydrogen-bond acceptors (Lipinski definition) is 5. The summed E-state index contributed by atoms with van der Waals surface area (Å²) in [6.07, 6.45) is 6.45. The van der Waals surface area contributed by atoms with Gasteiger partial charge in [-0.15, -0.1) is 0 Å². The Bertz CT molecular complexity index is 690. The molecule has 1 N–H and O–H groups in total. The van der Waals surface area contributed by atoms with Gasteiger partial charge in [-0.05, 0) is 6.42 Å². The van der Waals surface area contributed by atoms with Crippen molar-refractivity contribution in [2.24, 2.45) is 0 Å². The van der Waals surface area contributed by atoms with Crippen molar-refractivity contribution in [3.63, 3.8) is 0 Å². The smallest absolute Gasteiger partial charge is 0.287 e. The van der Waals surface area contributed by atoms with Crippen LogP contribution in [0.3, 0.4) is 0 Å². The van der Waals surface area contributed by atoms with Gasteiger partial charge in [0.2, 0.25) is 11.2 Å². The van der Waals surface area contributed by atoms with E-state index in [0.717, 1.165) is 37.5 Å². The lowest BCUT2D eigenvalue weighted by atomic mass is 10.3. The molecule has 0 unspecified atom stereocenters. The Morgan fingerprint density at radius 2 is 2.32 bits per heavy atom. The van der Waals surface area contributed by atoms with Gasteiger partial charge in [0.15, 0.2) is 5.76 Å². The molecule has 1 amide bonds. The molecular weight excluding hydrogens is 286 g/mol. The number of amides is 1. The van der Waals surface area contributed by atoms with E-state index in [0.29, 0.717) is 6.54 Å². The zero-order chi connectivity index (χ0) is 15.9. The van der Waals surface area contributed by atoms with Gasteiger partial charge in [-0.3, -0.25) is 9.59 Å². The molecule has 0 saturated heterocycles. The van der Waals surface area contributed by atoms with Crippen molar-refractivity contribution in [1.29, 1.82) is 0 Å². The predicted molar refractivity (Wildman–Crippen MR) is 80.1 cm³/mol. The maximum atomic E-state index is 11.9. The zero-order valence-corrected chi connectivity index (χ0v) is 12.7. The Kier molecular flexibility index (Phi) is 5.35. The minimum atomic E-state index is -0.416. The molecule has 118 valence electrons. The number of nitrogens with one attached hydrogen (secondary N) is 1. The van der Waals surface area contributed by atoms with Crippen LogP contribution in [0, 0.1) is 0 Å². The van der Waals surface area contributed by atoms with E-state index in [1.165, 1.54) is 7.11 Å². The maximum absolute atomic E-state index is 11.9. The van der Waals surface area contributed by atoms with Gasteiger partial charge in [-0.2, -0.15) is 0 Å². The van der Waals surface area contributed by atoms with Gasteiger partial charge in [0.05, 0.1) is 7.11 Å². The van der Waals surface area contributed by atoms with E-state index < -0.39 is 5.91 Å². The summed E-state index contributed by atoms with van der Waals surface area (Å²) >= 11 is 0. The SMILES string of the molecule is CCc1nccn1CCCNC(=O)c1cc(=O)c(OC)co1. The highest BCUT2D eigenvalue weighted by molar-refractivity contribution is 5.91. The molecule has 0 saturated carbocycles. The summed E-state index contributed by atoms with van der Waals surface area (Å²) in [5.74, 6) is 0.653. The fourth-order valence-corrected chi connectivity index (χ4v) is 2.06. The quantitative estimate of drug-likeness (QED) is 0.777. The molecule has 0 bridgehead atoms. The fraction of sp³-hybridized carbons (Fsp3) is 0.400. The highest BCUT2D eigenvalue weighted by Gasteiger charge is 2.11. The summed E-state index contributed by atoms with van der Waals surface area (Å²) in [4.78, 5) is 27.7. The first-order valence-corrected chi connectivity index (χ1v) is 7.10. The lowest BCUT2D eigenvalue weighted by Crippen LogP contribution is -2.26. The second-order valence-corrected chi connectivity index (χ2v) is 4.68. The molecule has 2 aromatic heterocycles. The third-order valence-corrected chi connectivity index (χ3v) is 3.22. The van der Waals surface area contributed by atoms with Crippen LogP contribution in [0.5, 0.6) is 5.75 Å². The van der Waals surface area contributed by atoms with Gasteiger partial charge in [-0.25, -0.2) is 4.98 Å². The lowest BCUT2D eigenvalue weighted by Gasteiger charge is -2.07. The van der Waals surface area contributed by atoms with Crippen LogP contribution in [-0.4, -0.2) is 29.1 Å². The van der Waals surface area contributed by atoms with E-state index in [4.69, 9.17) is 9.15 Å². The molecule has 0 aliphatic rings. The van der Waals surface area contributed by atoms with Crippen LogP contribution in [-0.2, 0) is 13.0 Å². The number of methoxy groups -OCH3 is 1. The normalized spacial score (nSPS) is 10.5. The number of aromatic nitrogens is 2. The van der Waals surface area contributed by atoms with Gasteiger partial charge < -0.3 is 19.0 Å². The van der Waals surface area contributed by atoms with Gasteiger partial charge in [0.1, 0.15) is 12.1 Å². The number of imidazole rings is 1. The highest BCUT2D eigenvalue weighted by atomic mass is 16.5. The molecule has 7 heteroatoms. The van der Waals surface area contributed by atoms with Crippen LogP contribution >= 0.6 is 0 Å². The van der Waals surface area contributed by atoms with Crippen LogP contribution in [0.4, 0.5) is 0 Å². The fourth-order valence-electron chi connectivity index (χ4n) is 2.06. The van der Waals surface area contributed by atoms with E-state index in [-0.39, 0.29) is 16.9 Å². The highest BCUT2D eigenvalue weighted by Crippen LogP contribution is 2.05.